The molecule has 0 radical (unpaired) electrons. The lowest BCUT2D eigenvalue weighted by atomic mass is 9.88. The van der Waals surface area contributed by atoms with Crippen LogP contribution in [0, 0.1) is 0 Å². The quantitative estimate of drug-likeness (QED) is 0.774. The largest absolute Gasteiger partial charge is 0.480 e. The number of carboxylic acid groups (broad SMARTS) is 1. The van der Waals surface area contributed by atoms with Gasteiger partial charge < -0.3 is 10.4 Å². The Kier molecular flexibility index (Phi) is 5.77. The van der Waals surface area contributed by atoms with E-state index in [4.69, 9.17) is 5.11 Å². The summed E-state index contributed by atoms with van der Waals surface area (Å²) in [5, 5.41) is 11.5. The van der Waals surface area contributed by atoms with Crippen LogP contribution in [0.5, 0.6) is 0 Å². The SMILES string of the molecule is C=C(CNCC(=O)O)C1(c2ccccc2)CC1.CC. The fourth-order valence-electron chi connectivity index (χ4n) is 2.22. The first-order chi connectivity index (χ1) is 9.15. The zero-order valence-electron chi connectivity index (χ0n) is 11.8. The summed E-state index contributed by atoms with van der Waals surface area (Å²) >= 11 is 0. The number of nitrogens with one attached hydrogen (secondary N) is 1. The van der Waals surface area contributed by atoms with Gasteiger partial charge in [-0.2, -0.15) is 0 Å². The maximum atomic E-state index is 10.4. The summed E-state index contributed by atoms with van der Waals surface area (Å²) in [6.45, 7) is 8.67. The average Bonchev–Trinajstić information content (AvgIpc) is 3.23. The molecule has 1 saturated carbocycles. The highest BCUT2D eigenvalue weighted by Crippen LogP contribution is 2.52. The summed E-state index contributed by atoms with van der Waals surface area (Å²) in [5.74, 6) is -0.831. The molecule has 19 heavy (non-hydrogen) atoms. The van der Waals surface area contributed by atoms with Crippen LogP contribution in [0.1, 0.15) is 32.3 Å². The van der Waals surface area contributed by atoms with E-state index in [0.29, 0.717) is 6.54 Å². The Bertz CT molecular complexity index is 422. The van der Waals surface area contributed by atoms with E-state index in [1.807, 2.05) is 32.0 Å². The number of carbonyl (C=O) groups is 1. The van der Waals surface area contributed by atoms with Crippen LogP contribution in [-0.4, -0.2) is 24.2 Å². The minimum atomic E-state index is -0.831. The number of carboxylic acids is 1. The lowest BCUT2D eigenvalue weighted by Gasteiger charge is -2.19. The number of rotatable bonds is 6. The average molecular weight is 261 g/mol. The second-order valence-electron chi connectivity index (χ2n) is 4.55. The third-order valence-electron chi connectivity index (χ3n) is 3.37. The highest BCUT2D eigenvalue weighted by molar-refractivity contribution is 5.69. The molecule has 0 amide bonds. The molecule has 1 aliphatic carbocycles. The van der Waals surface area contributed by atoms with E-state index in [-0.39, 0.29) is 12.0 Å². The molecule has 104 valence electrons. The molecule has 1 aliphatic rings. The monoisotopic (exact) mass is 261 g/mol. The van der Waals surface area contributed by atoms with Gasteiger partial charge in [-0.25, -0.2) is 0 Å². The molecule has 0 atom stereocenters. The summed E-state index contributed by atoms with van der Waals surface area (Å²) in [6.07, 6.45) is 2.23. The van der Waals surface area contributed by atoms with Gasteiger partial charge >= 0.3 is 5.97 Å². The van der Waals surface area contributed by atoms with E-state index in [1.54, 1.807) is 0 Å². The van der Waals surface area contributed by atoms with Crippen LogP contribution in [0.2, 0.25) is 0 Å². The Labute approximate surface area is 115 Å². The molecule has 3 nitrogen and oxygen atoms in total. The maximum Gasteiger partial charge on any atom is 0.317 e. The molecule has 0 bridgehead atoms. The smallest absolute Gasteiger partial charge is 0.317 e. The van der Waals surface area contributed by atoms with Crippen molar-refractivity contribution >= 4 is 5.97 Å². The second kappa shape index (κ2) is 7.10. The second-order valence-corrected chi connectivity index (χ2v) is 4.55. The highest BCUT2D eigenvalue weighted by atomic mass is 16.4. The van der Waals surface area contributed by atoms with Crippen molar-refractivity contribution in [1.29, 1.82) is 0 Å². The van der Waals surface area contributed by atoms with Gasteiger partial charge in [-0.05, 0) is 18.4 Å². The molecular weight excluding hydrogens is 238 g/mol. The minimum absolute atomic E-state index is 0.0100. The van der Waals surface area contributed by atoms with E-state index in [9.17, 15) is 4.79 Å². The number of aliphatic carboxylic acids is 1. The molecule has 0 spiro atoms. The van der Waals surface area contributed by atoms with Gasteiger partial charge in [0.05, 0.1) is 6.54 Å². The summed E-state index contributed by atoms with van der Waals surface area (Å²) < 4.78 is 0. The van der Waals surface area contributed by atoms with Crippen LogP contribution < -0.4 is 5.32 Å². The molecule has 0 heterocycles. The molecule has 0 aromatic heterocycles. The molecular formula is C16H23NO2. The zero-order chi connectivity index (χ0) is 14.3. The van der Waals surface area contributed by atoms with Gasteiger partial charge in [0.25, 0.3) is 0 Å². The first-order valence-corrected chi connectivity index (χ1v) is 6.81. The highest BCUT2D eigenvalue weighted by Gasteiger charge is 2.45. The van der Waals surface area contributed by atoms with Gasteiger partial charge in [-0.3, -0.25) is 4.79 Å². The fourth-order valence-corrected chi connectivity index (χ4v) is 2.22. The molecule has 3 heteroatoms. The van der Waals surface area contributed by atoms with Crippen molar-refractivity contribution in [1.82, 2.24) is 5.32 Å². The first kappa shape index (κ1) is 15.4. The topological polar surface area (TPSA) is 49.3 Å². The van der Waals surface area contributed by atoms with Crippen LogP contribution in [0.3, 0.4) is 0 Å². The van der Waals surface area contributed by atoms with Crippen molar-refractivity contribution in [2.45, 2.75) is 32.1 Å². The van der Waals surface area contributed by atoms with Crippen molar-refractivity contribution in [3.8, 4) is 0 Å². The van der Waals surface area contributed by atoms with Crippen molar-refractivity contribution in [3.05, 3.63) is 48.0 Å². The van der Waals surface area contributed by atoms with Crippen LogP contribution in [-0.2, 0) is 10.2 Å². The molecule has 1 fully saturated rings. The minimum Gasteiger partial charge on any atom is -0.480 e. The van der Waals surface area contributed by atoms with Gasteiger partial charge in [0, 0.05) is 12.0 Å². The van der Waals surface area contributed by atoms with Gasteiger partial charge in [0.2, 0.25) is 0 Å². The van der Waals surface area contributed by atoms with Crippen molar-refractivity contribution < 1.29 is 9.90 Å². The lowest BCUT2D eigenvalue weighted by Crippen LogP contribution is -2.27. The fraction of sp³-hybridized carbons (Fsp3) is 0.438. The normalized spacial score (nSPS) is 15.1. The van der Waals surface area contributed by atoms with Gasteiger partial charge in [-0.1, -0.05) is 56.3 Å². The van der Waals surface area contributed by atoms with E-state index in [2.05, 4.69) is 24.0 Å². The Morgan fingerprint density at radius 1 is 1.26 bits per heavy atom. The number of hydrogen-bond donors (Lipinski definition) is 2. The van der Waals surface area contributed by atoms with E-state index in [0.717, 1.165) is 18.4 Å². The molecule has 0 aliphatic heterocycles. The Morgan fingerprint density at radius 2 is 1.84 bits per heavy atom. The third kappa shape index (κ3) is 3.93. The number of hydrogen-bond acceptors (Lipinski definition) is 2. The molecule has 1 aromatic rings. The summed E-state index contributed by atoms with van der Waals surface area (Å²) in [5.41, 5.74) is 2.47. The van der Waals surface area contributed by atoms with Crippen LogP contribution in [0.4, 0.5) is 0 Å². The van der Waals surface area contributed by atoms with Crippen molar-refractivity contribution in [2.24, 2.45) is 0 Å². The molecule has 0 unspecified atom stereocenters. The molecule has 1 aromatic carbocycles. The predicted molar refractivity (Wildman–Crippen MR) is 78.3 cm³/mol. The number of benzene rings is 1. The van der Waals surface area contributed by atoms with E-state index < -0.39 is 5.97 Å². The summed E-state index contributed by atoms with van der Waals surface area (Å²) in [6, 6.07) is 10.3. The van der Waals surface area contributed by atoms with Crippen LogP contribution in [0.25, 0.3) is 0 Å². The molecule has 0 saturated heterocycles. The lowest BCUT2D eigenvalue weighted by molar-refractivity contribution is -0.135. The van der Waals surface area contributed by atoms with E-state index in [1.165, 1.54) is 5.56 Å². The third-order valence-corrected chi connectivity index (χ3v) is 3.37. The Morgan fingerprint density at radius 3 is 2.32 bits per heavy atom. The Hall–Kier alpha value is -1.61. The molecule has 2 rings (SSSR count). The van der Waals surface area contributed by atoms with Crippen LogP contribution >= 0.6 is 0 Å². The Balaban J connectivity index is 0.000000861. The summed E-state index contributed by atoms with van der Waals surface area (Å²) in [7, 11) is 0. The first-order valence-electron chi connectivity index (χ1n) is 6.81. The maximum absolute atomic E-state index is 10.4. The van der Waals surface area contributed by atoms with Gasteiger partial charge in [-0.15, -0.1) is 0 Å². The predicted octanol–water partition coefficient (Wildman–Crippen LogP) is 2.97. The van der Waals surface area contributed by atoms with Crippen molar-refractivity contribution in [3.63, 3.8) is 0 Å². The van der Waals surface area contributed by atoms with Gasteiger partial charge in [0.15, 0.2) is 0 Å². The zero-order valence-corrected chi connectivity index (χ0v) is 11.8. The molecule has 2 N–H and O–H groups in total. The standard InChI is InChI=1S/C14H17NO2.C2H6/c1-11(9-15-10-13(16)17)14(7-8-14)12-5-3-2-4-6-12;1-2/h2-6,15H,1,7-10H2,(H,16,17);1-2H3. The van der Waals surface area contributed by atoms with Gasteiger partial charge in [0.1, 0.15) is 0 Å². The summed E-state index contributed by atoms with van der Waals surface area (Å²) in [4.78, 5) is 10.4. The van der Waals surface area contributed by atoms with Crippen LogP contribution in [0.15, 0.2) is 42.5 Å². The van der Waals surface area contributed by atoms with E-state index >= 15 is 0 Å². The van der Waals surface area contributed by atoms with Crippen molar-refractivity contribution in [2.75, 3.05) is 13.1 Å².